The second kappa shape index (κ2) is 4.30. The molecule has 0 bridgehead atoms. The van der Waals surface area contributed by atoms with Gasteiger partial charge in [-0.2, -0.15) is 5.10 Å². The number of nitrogens with one attached hydrogen (secondary N) is 1. The van der Waals surface area contributed by atoms with Crippen LogP contribution in [0.5, 0.6) is 0 Å². The van der Waals surface area contributed by atoms with Gasteiger partial charge in [-0.1, -0.05) is 0 Å². The third-order valence-corrected chi connectivity index (χ3v) is 3.08. The van der Waals surface area contributed by atoms with E-state index in [0.717, 1.165) is 10.7 Å². The molecule has 2 rings (SSSR count). The van der Waals surface area contributed by atoms with E-state index in [1.54, 1.807) is 0 Å². The SMILES string of the molecule is C[C@@H]1Cc2[nH]nc(C(=O)N(C)N)c2CN1C(=O)O. The van der Waals surface area contributed by atoms with Crippen molar-refractivity contribution < 1.29 is 14.7 Å². The molecule has 2 heterocycles. The predicted molar refractivity (Wildman–Crippen MR) is 61.6 cm³/mol. The third-order valence-electron chi connectivity index (χ3n) is 3.08. The summed E-state index contributed by atoms with van der Waals surface area (Å²) in [4.78, 5) is 24.2. The maximum atomic E-state index is 11.8. The van der Waals surface area contributed by atoms with Crippen molar-refractivity contribution in [2.75, 3.05) is 7.05 Å². The molecule has 18 heavy (non-hydrogen) atoms. The molecule has 1 aromatic rings. The van der Waals surface area contributed by atoms with E-state index in [1.807, 2.05) is 6.92 Å². The highest BCUT2D eigenvalue weighted by Crippen LogP contribution is 2.24. The fraction of sp³-hybridized carbons (Fsp3) is 0.500. The summed E-state index contributed by atoms with van der Waals surface area (Å²) in [5, 5.41) is 16.7. The normalized spacial score (nSPS) is 18.4. The van der Waals surface area contributed by atoms with Gasteiger partial charge in [0, 0.05) is 30.8 Å². The van der Waals surface area contributed by atoms with Crippen molar-refractivity contribution in [2.24, 2.45) is 5.84 Å². The van der Waals surface area contributed by atoms with Gasteiger partial charge in [-0.15, -0.1) is 0 Å². The fourth-order valence-corrected chi connectivity index (χ4v) is 2.07. The first-order valence-electron chi connectivity index (χ1n) is 5.50. The van der Waals surface area contributed by atoms with Crippen molar-refractivity contribution >= 4 is 12.0 Å². The number of amides is 2. The van der Waals surface area contributed by atoms with Gasteiger partial charge in [0.2, 0.25) is 0 Å². The summed E-state index contributed by atoms with van der Waals surface area (Å²) in [5.41, 5.74) is 1.59. The van der Waals surface area contributed by atoms with Crippen molar-refractivity contribution in [1.29, 1.82) is 0 Å². The molecule has 8 heteroatoms. The van der Waals surface area contributed by atoms with Crippen LogP contribution in [0.15, 0.2) is 0 Å². The van der Waals surface area contributed by atoms with Crippen LogP contribution in [-0.4, -0.2) is 50.3 Å². The lowest BCUT2D eigenvalue weighted by Gasteiger charge is -2.30. The van der Waals surface area contributed by atoms with Gasteiger partial charge in [-0.25, -0.2) is 10.6 Å². The highest BCUT2D eigenvalue weighted by Gasteiger charge is 2.32. The summed E-state index contributed by atoms with van der Waals surface area (Å²) in [6.45, 7) is 1.96. The van der Waals surface area contributed by atoms with Crippen molar-refractivity contribution in [1.82, 2.24) is 20.1 Å². The van der Waals surface area contributed by atoms with E-state index in [1.165, 1.54) is 11.9 Å². The molecule has 1 aliphatic rings. The Labute approximate surface area is 103 Å². The first-order valence-corrected chi connectivity index (χ1v) is 5.50. The number of aromatic amines is 1. The molecular weight excluding hydrogens is 238 g/mol. The lowest BCUT2D eigenvalue weighted by molar-refractivity contribution is 0.0783. The second-order valence-electron chi connectivity index (χ2n) is 4.41. The molecule has 0 saturated heterocycles. The molecule has 1 aromatic heterocycles. The quantitative estimate of drug-likeness (QED) is 0.363. The Morgan fingerprint density at radius 2 is 2.28 bits per heavy atom. The Kier molecular flexibility index (Phi) is 2.95. The minimum absolute atomic E-state index is 0.144. The number of nitrogens with zero attached hydrogens (tertiary/aromatic N) is 3. The van der Waals surface area contributed by atoms with Crippen LogP contribution in [0.2, 0.25) is 0 Å². The van der Waals surface area contributed by atoms with Crippen LogP contribution in [0.25, 0.3) is 0 Å². The number of rotatable bonds is 1. The number of carbonyl (C=O) groups is 2. The lowest BCUT2D eigenvalue weighted by atomic mass is 10.00. The zero-order chi connectivity index (χ0) is 13.4. The molecule has 98 valence electrons. The number of hydrogen-bond donors (Lipinski definition) is 3. The maximum Gasteiger partial charge on any atom is 0.407 e. The minimum atomic E-state index is -1.01. The number of carboxylic acid groups (broad SMARTS) is 1. The lowest BCUT2D eigenvalue weighted by Crippen LogP contribution is -2.42. The Morgan fingerprint density at radius 1 is 1.61 bits per heavy atom. The molecule has 1 aliphatic heterocycles. The van der Waals surface area contributed by atoms with Crippen molar-refractivity contribution in [3.63, 3.8) is 0 Å². The van der Waals surface area contributed by atoms with E-state index < -0.39 is 12.0 Å². The van der Waals surface area contributed by atoms with E-state index in [0.29, 0.717) is 12.0 Å². The van der Waals surface area contributed by atoms with Gasteiger partial charge in [0.15, 0.2) is 5.69 Å². The standard InChI is InChI=1S/C10H15N5O3/c1-5-3-7-6(4-15(5)10(17)18)8(13-12-7)9(16)14(2)11/h5H,3-4,11H2,1-2H3,(H,12,13)(H,17,18)/t5-/m1/s1. The van der Waals surface area contributed by atoms with Gasteiger partial charge >= 0.3 is 6.09 Å². The molecule has 0 aliphatic carbocycles. The van der Waals surface area contributed by atoms with Crippen LogP contribution in [-0.2, 0) is 13.0 Å². The summed E-state index contributed by atoms with van der Waals surface area (Å²) < 4.78 is 0. The third kappa shape index (κ3) is 1.90. The van der Waals surface area contributed by atoms with E-state index >= 15 is 0 Å². The van der Waals surface area contributed by atoms with E-state index in [-0.39, 0.29) is 18.3 Å². The molecule has 8 nitrogen and oxygen atoms in total. The maximum absolute atomic E-state index is 11.8. The Bertz CT molecular complexity index is 496. The van der Waals surface area contributed by atoms with Crippen molar-refractivity contribution in [2.45, 2.75) is 25.9 Å². The summed E-state index contributed by atoms with van der Waals surface area (Å²) in [6, 6.07) is -0.144. The number of hydrogen-bond acceptors (Lipinski definition) is 4. The summed E-state index contributed by atoms with van der Waals surface area (Å²) in [5.74, 6) is 4.94. The number of nitrogens with two attached hydrogens (primary N) is 1. The van der Waals surface area contributed by atoms with Crippen LogP contribution >= 0.6 is 0 Å². The summed E-state index contributed by atoms with van der Waals surface area (Å²) >= 11 is 0. The molecule has 1 atom stereocenters. The molecule has 0 radical (unpaired) electrons. The Morgan fingerprint density at radius 3 is 2.83 bits per heavy atom. The molecule has 0 unspecified atom stereocenters. The van der Waals surface area contributed by atoms with E-state index in [2.05, 4.69) is 10.2 Å². The smallest absolute Gasteiger partial charge is 0.407 e. The summed E-state index contributed by atoms with van der Waals surface area (Å²) in [7, 11) is 1.42. The van der Waals surface area contributed by atoms with Crippen molar-refractivity contribution in [3.05, 3.63) is 17.0 Å². The Balaban J connectivity index is 2.36. The zero-order valence-electron chi connectivity index (χ0n) is 10.2. The van der Waals surface area contributed by atoms with Crippen molar-refractivity contribution in [3.8, 4) is 0 Å². The van der Waals surface area contributed by atoms with Crippen LogP contribution in [0.1, 0.15) is 28.7 Å². The fourth-order valence-electron chi connectivity index (χ4n) is 2.07. The minimum Gasteiger partial charge on any atom is -0.465 e. The summed E-state index contributed by atoms with van der Waals surface area (Å²) in [6.07, 6.45) is -0.496. The molecule has 2 amide bonds. The number of H-pyrrole nitrogens is 1. The number of hydrazine groups is 1. The second-order valence-corrected chi connectivity index (χ2v) is 4.41. The van der Waals surface area contributed by atoms with Crippen LogP contribution in [0, 0.1) is 0 Å². The largest absolute Gasteiger partial charge is 0.465 e. The van der Waals surface area contributed by atoms with Gasteiger partial charge in [0.1, 0.15) is 0 Å². The average molecular weight is 253 g/mol. The first-order chi connectivity index (χ1) is 8.41. The zero-order valence-corrected chi connectivity index (χ0v) is 10.2. The van der Waals surface area contributed by atoms with Gasteiger partial charge in [-0.05, 0) is 6.92 Å². The monoisotopic (exact) mass is 253 g/mol. The number of carbonyl (C=O) groups excluding carboxylic acids is 1. The number of fused-ring (bicyclic) bond motifs is 1. The molecule has 0 aromatic carbocycles. The Hall–Kier alpha value is -2.09. The number of aromatic nitrogens is 2. The first kappa shape index (κ1) is 12.4. The molecule has 0 saturated carbocycles. The predicted octanol–water partition coefficient (Wildman–Crippen LogP) is -0.220. The van der Waals surface area contributed by atoms with E-state index in [4.69, 9.17) is 10.9 Å². The molecule has 0 fully saturated rings. The molecular formula is C10H15N5O3. The average Bonchev–Trinajstić information content (AvgIpc) is 2.68. The van der Waals surface area contributed by atoms with Crippen LogP contribution in [0.3, 0.4) is 0 Å². The topological polar surface area (TPSA) is 116 Å². The molecule has 0 spiro atoms. The van der Waals surface area contributed by atoms with E-state index in [9.17, 15) is 9.59 Å². The highest BCUT2D eigenvalue weighted by molar-refractivity contribution is 5.93. The highest BCUT2D eigenvalue weighted by atomic mass is 16.4. The van der Waals surface area contributed by atoms with Gasteiger partial charge in [-0.3, -0.25) is 14.9 Å². The van der Waals surface area contributed by atoms with Gasteiger partial charge < -0.3 is 10.0 Å². The molecule has 4 N–H and O–H groups in total. The van der Waals surface area contributed by atoms with Crippen LogP contribution in [0.4, 0.5) is 4.79 Å². The van der Waals surface area contributed by atoms with Gasteiger partial charge in [0.25, 0.3) is 5.91 Å². The van der Waals surface area contributed by atoms with Crippen LogP contribution < -0.4 is 5.84 Å². The van der Waals surface area contributed by atoms with Gasteiger partial charge in [0.05, 0.1) is 6.54 Å².